The molecule has 5 heteroatoms. The van der Waals surface area contributed by atoms with Gasteiger partial charge in [-0.15, -0.1) is 0 Å². The predicted octanol–water partition coefficient (Wildman–Crippen LogP) is 3.79. The molecule has 0 unspecified atom stereocenters. The second-order valence-corrected chi connectivity index (χ2v) is 7.66. The number of ether oxygens (including phenoxy) is 1. The van der Waals surface area contributed by atoms with Crippen LogP contribution < -0.4 is 15.0 Å². The maximum Gasteiger partial charge on any atom is 0.251 e. The first kappa shape index (κ1) is 20.2. The van der Waals surface area contributed by atoms with Crippen molar-refractivity contribution >= 4 is 22.4 Å². The van der Waals surface area contributed by atoms with Crippen molar-refractivity contribution in [3.05, 3.63) is 72.3 Å². The van der Waals surface area contributed by atoms with Crippen molar-refractivity contribution < 1.29 is 9.53 Å². The number of piperazine rings is 1. The number of methoxy groups -OCH3 is 1. The number of amides is 1. The number of benzene rings is 3. The van der Waals surface area contributed by atoms with Crippen LogP contribution in [0.3, 0.4) is 0 Å². The van der Waals surface area contributed by atoms with Gasteiger partial charge in [-0.05, 0) is 54.1 Å². The zero-order valence-corrected chi connectivity index (χ0v) is 17.5. The molecule has 0 radical (unpaired) electrons. The van der Waals surface area contributed by atoms with Crippen LogP contribution >= 0.6 is 0 Å². The predicted molar refractivity (Wildman–Crippen MR) is 123 cm³/mol. The summed E-state index contributed by atoms with van der Waals surface area (Å²) in [5.74, 6) is 0.902. The van der Waals surface area contributed by atoms with Gasteiger partial charge >= 0.3 is 0 Å². The molecule has 156 valence electrons. The van der Waals surface area contributed by atoms with Crippen LogP contribution in [0.2, 0.25) is 0 Å². The van der Waals surface area contributed by atoms with Crippen molar-refractivity contribution in [2.75, 3.05) is 51.3 Å². The minimum Gasteiger partial charge on any atom is -0.497 e. The van der Waals surface area contributed by atoms with E-state index in [2.05, 4.69) is 27.2 Å². The lowest BCUT2D eigenvalue weighted by atomic mass is 10.0. The molecule has 1 N–H and O–H groups in total. The number of hydrogen-bond acceptors (Lipinski definition) is 4. The lowest BCUT2D eigenvalue weighted by Gasteiger charge is -2.36. The molecule has 0 aliphatic carbocycles. The molecular weight excluding hydrogens is 374 g/mol. The monoisotopic (exact) mass is 403 g/mol. The van der Waals surface area contributed by atoms with Crippen LogP contribution in [0.4, 0.5) is 5.69 Å². The number of rotatable bonds is 7. The molecule has 1 heterocycles. The Labute approximate surface area is 178 Å². The first-order valence-electron chi connectivity index (χ1n) is 10.6. The maximum atomic E-state index is 12.6. The zero-order chi connectivity index (χ0) is 20.8. The van der Waals surface area contributed by atoms with Crippen molar-refractivity contribution in [3.8, 4) is 5.75 Å². The van der Waals surface area contributed by atoms with Crippen LogP contribution in [0, 0.1) is 0 Å². The summed E-state index contributed by atoms with van der Waals surface area (Å²) in [6.45, 7) is 5.84. The molecule has 3 aromatic carbocycles. The second kappa shape index (κ2) is 9.63. The average Bonchev–Trinajstić information content (AvgIpc) is 2.82. The zero-order valence-electron chi connectivity index (χ0n) is 17.5. The number of fused-ring (bicyclic) bond motifs is 1. The Morgan fingerprint density at radius 1 is 0.933 bits per heavy atom. The van der Waals surface area contributed by atoms with E-state index < -0.39 is 0 Å². The molecule has 5 nitrogen and oxygen atoms in total. The smallest absolute Gasteiger partial charge is 0.251 e. The van der Waals surface area contributed by atoms with Gasteiger partial charge in [-0.1, -0.05) is 36.4 Å². The normalized spacial score (nSPS) is 14.6. The molecule has 1 aliphatic rings. The Balaban J connectivity index is 1.20. The van der Waals surface area contributed by atoms with Crippen molar-refractivity contribution in [1.29, 1.82) is 0 Å². The van der Waals surface area contributed by atoms with Gasteiger partial charge in [0.25, 0.3) is 5.91 Å². The van der Waals surface area contributed by atoms with E-state index in [0.29, 0.717) is 6.54 Å². The van der Waals surface area contributed by atoms with E-state index in [1.54, 1.807) is 7.11 Å². The van der Waals surface area contributed by atoms with E-state index in [1.807, 2.05) is 54.6 Å². The van der Waals surface area contributed by atoms with Gasteiger partial charge < -0.3 is 15.0 Å². The average molecular weight is 404 g/mol. The lowest BCUT2D eigenvalue weighted by molar-refractivity contribution is 0.0953. The third-order valence-electron chi connectivity index (χ3n) is 5.78. The first-order chi connectivity index (χ1) is 14.7. The number of nitrogens with one attached hydrogen (secondary N) is 1. The van der Waals surface area contributed by atoms with Gasteiger partial charge in [0.05, 0.1) is 7.11 Å². The summed E-state index contributed by atoms with van der Waals surface area (Å²) in [5.41, 5.74) is 2.00. The quantitative estimate of drug-likeness (QED) is 0.610. The Morgan fingerprint density at radius 3 is 2.43 bits per heavy atom. The summed E-state index contributed by atoms with van der Waals surface area (Å²) in [7, 11) is 1.69. The van der Waals surface area contributed by atoms with E-state index in [9.17, 15) is 4.79 Å². The summed E-state index contributed by atoms with van der Waals surface area (Å²) in [6.07, 6.45) is 0.957. The van der Waals surface area contributed by atoms with Crippen molar-refractivity contribution in [3.63, 3.8) is 0 Å². The van der Waals surface area contributed by atoms with Crippen LogP contribution in [-0.2, 0) is 0 Å². The first-order valence-corrected chi connectivity index (χ1v) is 10.6. The van der Waals surface area contributed by atoms with Crippen LogP contribution in [0.1, 0.15) is 16.8 Å². The van der Waals surface area contributed by atoms with Crippen LogP contribution in [0.5, 0.6) is 5.75 Å². The molecule has 1 amide bonds. The molecule has 30 heavy (non-hydrogen) atoms. The Bertz CT molecular complexity index is 974. The summed E-state index contributed by atoms with van der Waals surface area (Å²) in [6, 6.07) is 22.2. The molecule has 0 bridgehead atoms. The molecule has 0 aromatic heterocycles. The Hall–Kier alpha value is -3.05. The minimum atomic E-state index is 0.0103. The van der Waals surface area contributed by atoms with Gasteiger partial charge in [-0.3, -0.25) is 9.69 Å². The number of carbonyl (C=O) groups excluding carboxylic acids is 1. The fourth-order valence-corrected chi connectivity index (χ4v) is 4.05. The summed E-state index contributed by atoms with van der Waals surface area (Å²) >= 11 is 0. The van der Waals surface area contributed by atoms with E-state index >= 15 is 0 Å². The molecule has 0 atom stereocenters. The molecule has 3 aromatic rings. The molecule has 1 aliphatic heterocycles. The van der Waals surface area contributed by atoms with E-state index in [-0.39, 0.29) is 5.91 Å². The van der Waals surface area contributed by atoms with Gasteiger partial charge in [0.15, 0.2) is 0 Å². The van der Waals surface area contributed by atoms with Gasteiger partial charge in [0.1, 0.15) is 5.75 Å². The summed E-state index contributed by atoms with van der Waals surface area (Å²) in [4.78, 5) is 17.5. The fourth-order valence-electron chi connectivity index (χ4n) is 4.05. The fraction of sp³-hybridized carbons (Fsp3) is 0.320. The topological polar surface area (TPSA) is 44.8 Å². The molecule has 1 fully saturated rings. The lowest BCUT2D eigenvalue weighted by Crippen LogP contribution is -2.47. The number of carbonyl (C=O) groups is 1. The largest absolute Gasteiger partial charge is 0.497 e. The third-order valence-corrected chi connectivity index (χ3v) is 5.78. The highest BCUT2D eigenvalue weighted by Gasteiger charge is 2.17. The second-order valence-electron chi connectivity index (χ2n) is 7.66. The highest BCUT2D eigenvalue weighted by atomic mass is 16.5. The minimum absolute atomic E-state index is 0.0103. The maximum absolute atomic E-state index is 12.6. The SMILES string of the molecule is COc1ccc(N2CCN(CCCNC(=O)c3cccc4ccccc34)CC2)cc1. The van der Waals surface area contributed by atoms with Gasteiger partial charge in [-0.2, -0.15) is 0 Å². The molecular formula is C25H29N3O2. The highest BCUT2D eigenvalue weighted by Crippen LogP contribution is 2.21. The molecule has 0 spiro atoms. The van der Waals surface area contributed by atoms with E-state index in [0.717, 1.165) is 61.2 Å². The molecule has 1 saturated heterocycles. The number of nitrogens with zero attached hydrogens (tertiary/aromatic N) is 2. The van der Waals surface area contributed by atoms with Gasteiger partial charge in [0, 0.05) is 44.0 Å². The Kier molecular flexibility index (Phi) is 6.50. The van der Waals surface area contributed by atoms with Gasteiger partial charge in [0.2, 0.25) is 0 Å². The summed E-state index contributed by atoms with van der Waals surface area (Å²) < 4.78 is 5.24. The summed E-state index contributed by atoms with van der Waals surface area (Å²) in [5, 5.41) is 5.19. The van der Waals surface area contributed by atoms with Crippen LogP contribution in [-0.4, -0.2) is 57.2 Å². The van der Waals surface area contributed by atoms with Crippen LogP contribution in [0.25, 0.3) is 10.8 Å². The Morgan fingerprint density at radius 2 is 1.67 bits per heavy atom. The molecule has 4 rings (SSSR count). The highest BCUT2D eigenvalue weighted by molar-refractivity contribution is 6.06. The van der Waals surface area contributed by atoms with E-state index in [4.69, 9.17) is 4.74 Å². The van der Waals surface area contributed by atoms with Crippen LogP contribution in [0.15, 0.2) is 66.7 Å². The number of anilines is 1. The van der Waals surface area contributed by atoms with Crippen molar-refractivity contribution in [1.82, 2.24) is 10.2 Å². The van der Waals surface area contributed by atoms with Crippen molar-refractivity contribution in [2.24, 2.45) is 0 Å². The molecule has 0 saturated carbocycles. The van der Waals surface area contributed by atoms with Gasteiger partial charge in [-0.25, -0.2) is 0 Å². The standard InChI is InChI=1S/C25H29N3O2/c1-30-22-12-10-21(11-13-22)28-18-16-27(17-19-28)15-5-14-26-25(29)24-9-4-7-20-6-2-3-8-23(20)24/h2-4,6-13H,5,14-19H2,1H3,(H,26,29). The van der Waals surface area contributed by atoms with E-state index in [1.165, 1.54) is 5.69 Å². The van der Waals surface area contributed by atoms with Crippen molar-refractivity contribution in [2.45, 2.75) is 6.42 Å². The number of hydrogen-bond donors (Lipinski definition) is 1. The third kappa shape index (κ3) is 4.74.